The number of benzene rings is 2. The van der Waals surface area contributed by atoms with Gasteiger partial charge in [-0.2, -0.15) is 10.5 Å². The molecule has 0 unspecified atom stereocenters. The van der Waals surface area contributed by atoms with Gasteiger partial charge >= 0.3 is 0 Å². The zero-order chi connectivity index (χ0) is 17.5. The van der Waals surface area contributed by atoms with E-state index in [4.69, 9.17) is 5.26 Å². The Morgan fingerprint density at radius 3 is 2.50 bits per heavy atom. The molecule has 0 aliphatic heterocycles. The fourth-order valence-corrected chi connectivity index (χ4v) is 2.06. The number of hydrogen-bond donors (Lipinski definition) is 1. The number of anilines is 1. The van der Waals surface area contributed by atoms with E-state index in [-0.39, 0.29) is 11.1 Å². The van der Waals surface area contributed by atoms with Gasteiger partial charge in [0.2, 0.25) is 0 Å². The van der Waals surface area contributed by atoms with Gasteiger partial charge in [-0.05, 0) is 47.9 Å². The Balaban J connectivity index is 2.22. The van der Waals surface area contributed by atoms with E-state index >= 15 is 0 Å². The standard InChI is InChI=1S/C19H14FN3O/c1-2-13-3-6-17(7-4-13)23-19(24)16(12-22)10-14-5-8-18(20)15(9-14)11-21/h3-10H,2H2,1H3,(H,23,24)/b16-10-. The molecule has 0 heterocycles. The quantitative estimate of drug-likeness (QED) is 0.687. The fourth-order valence-electron chi connectivity index (χ4n) is 2.06. The number of aryl methyl sites for hydroxylation is 1. The van der Waals surface area contributed by atoms with Crippen LogP contribution in [0.25, 0.3) is 6.08 Å². The maximum atomic E-state index is 13.3. The second-order valence-corrected chi connectivity index (χ2v) is 5.03. The lowest BCUT2D eigenvalue weighted by Gasteiger charge is -2.05. The summed E-state index contributed by atoms with van der Waals surface area (Å²) >= 11 is 0. The third kappa shape index (κ3) is 4.06. The lowest BCUT2D eigenvalue weighted by molar-refractivity contribution is -0.112. The molecule has 1 N–H and O–H groups in total. The van der Waals surface area contributed by atoms with Gasteiger partial charge in [-0.15, -0.1) is 0 Å². The first-order valence-electron chi connectivity index (χ1n) is 7.29. The summed E-state index contributed by atoms with van der Waals surface area (Å²) in [4.78, 5) is 12.2. The summed E-state index contributed by atoms with van der Waals surface area (Å²) in [5.41, 5.74) is 1.84. The van der Waals surface area contributed by atoms with Crippen LogP contribution in [0.2, 0.25) is 0 Å². The smallest absolute Gasteiger partial charge is 0.266 e. The summed E-state index contributed by atoms with van der Waals surface area (Å²) in [6.45, 7) is 2.03. The van der Waals surface area contributed by atoms with E-state index in [2.05, 4.69) is 5.32 Å². The third-order valence-corrected chi connectivity index (χ3v) is 3.41. The molecular weight excluding hydrogens is 305 g/mol. The first-order valence-corrected chi connectivity index (χ1v) is 7.29. The summed E-state index contributed by atoms with van der Waals surface area (Å²) in [7, 11) is 0. The summed E-state index contributed by atoms with van der Waals surface area (Å²) in [6.07, 6.45) is 2.21. The maximum Gasteiger partial charge on any atom is 0.266 e. The number of nitrogens with one attached hydrogen (secondary N) is 1. The normalized spacial score (nSPS) is 10.6. The van der Waals surface area contributed by atoms with E-state index in [9.17, 15) is 14.4 Å². The monoisotopic (exact) mass is 319 g/mol. The van der Waals surface area contributed by atoms with E-state index in [1.807, 2.05) is 25.1 Å². The number of halogens is 1. The van der Waals surface area contributed by atoms with Crippen LogP contribution in [0.3, 0.4) is 0 Å². The minimum Gasteiger partial charge on any atom is -0.321 e. The molecule has 118 valence electrons. The van der Waals surface area contributed by atoms with Crippen molar-refractivity contribution in [2.75, 3.05) is 5.32 Å². The van der Waals surface area contributed by atoms with Crippen molar-refractivity contribution in [3.63, 3.8) is 0 Å². The lowest BCUT2D eigenvalue weighted by Crippen LogP contribution is -2.13. The molecule has 0 spiro atoms. The molecule has 1 amide bonds. The first-order chi connectivity index (χ1) is 11.6. The first kappa shape index (κ1) is 16.9. The zero-order valence-corrected chi connectivity index (χ0v) is 13.0. The van der Waals surface area contributed by atoms with Gasteiger partial charge < -0.3 is 5.32 Å². The highest BCUT2D eigenvalue weighted by Crippen LogP contribution is 2.15. The van der Waals surface area contributed by atoms with Crippen molar-refractivity contribution < 1.29 is 9.18 Å². The van der Waals surface area contributed by atoms with Gasteiger partial charge in [-0.1, -0.05) is 25.1 Å². The van der Waals surface area contributed by atoms with Gasteiger partial charge in [0.15, 0.2) is 0 Å². The third-order valence-electron chi connectivity index (χ3n) is 3.41. The Morgan fingerprint density at radius 2 is 1.92 bits per heavy atom. The second-order valence-electron chi connectivity index (χ2n) is 5.03. The van der Waals surface area contributed by atoms with Crippen molar-refractivity contribution in [3.05, 3.63) is 70.5 Å². The van der Waals surface area contributed by atoms with Gasteiger partial charge in [0, 0.05) is 5.69 Å². The molecule has 4 nitrogen and oxygen atoms in total. The molecule has 5 heteroatoms. The number of nitriles is 2. The average Bonchev–Trinajstić information content (AvgIpc) is 2.61. The van der Waals surface area contributed by atoms with Crippen LogP contribution in [-0.2, 0) is 11.2 Å². The van der Waals surface area contributed by atoms with Gasteiger partial charge in [0.1, 0.15) is 23.5 Å². The lowest BCUT2D eigenvalue weighted by atomic mass is 10.1. The summed E-state index contributed by atoms with van der Waals surface area (Å²) < 4.78 is 13.3. The van der Waals surface area contributed by atoms with Gasteiger partial charge in [0.05, 0.1) is 5.56 Å². The van der Waals surface area contributed by atoms with Crippen molar-refractivity contribution in [2.24, 2.45) is 0 Å². The Morgan fingerprint density at radius 1 is 1.21 bits per heavy atom. The number of hydrogen-bond acceptors (Lipinski definition) is 3. The number of carbonyl (C=O) groups is 1. The number of carbonyl (C=O) groups excluding carboxylic acids is 1. The molecule has 2 aromatic rings. The highest BCUT2D eigenvalue weighted by atomic mass is 19.1. The largest absolute Gasteiger partial charge is 0.321 e. The van der Waals surface area contributed by atoms with Crippen LogP contribution in [0.15, 0.2) is 48.0 Å². The molecule has 0 aliphatic carbocycles. The van der Waals surface area contributed by atoms with E-state index in [1.54, 1.807) is 18.2 Å². The van der Waals surface area contributed by atoms with Crippen molar-refractivity contribution in [2.45, 2.75) is 13.3 Å². The Labute approximate surface area is 139 Å². The van der Waals surface area contributed by atoms with Gasteiger partial charge in [-0.25, -0.2) is 4.39 Å². The average molecular weight is 319 g/mol. The van der Waals surface area contributed by atoms with E-state index in [0.29, 0.717) is 11.3 Å². The van der Waals surface area contributed by atoms with Crippen LogP contribution in [0.4, 0.5) is 10.1 Å². The van der Waals surface area contributed by atoms with Crippen molar-refractivity contribution in [1.29, 1.82) is 10.5 Å². The molecule has 0 aromatic heterocycles. The number of nitrogens with zero attached hydrogens (tertiary/aromatic N) is 2. The van der Waals surface area contributed by atoms with Crippen LogP contribution in [-0.4, -0.2) is 5.91 Å². The highest BCUT2D eigenvalue weighted by molar-refractivity contribution is 6.09. The molecule has 0 radical (unpaired) electrons. The summed E-state index contributed by atoms with van der Waals surface area (Å²) in [5, 5.41) is 20.6. The molecular formula is C19H14FN3O. The molecule has 0 atom stereocenters. The molecule has 2 rings (SSSR count). The second kappa shape index (κ2) is 7.71. The molecule has 2 aromatic carbocycles. The van der Waals surface area contributed by atoms with Crippen LogP contribution in [0.1, 0.15) is 23.6 Å². The molecule has 0 bridgehead atoms. The van der Waals surface area contributed by atoms with Crippen molar-refractivity contribution in [3.8, 4) is 12.1 Å². The highest BCUT2D eigenvalue weighted by Gasteiger charge is 2.10. The van der Waals surface area contributed by atoms with Crippen LogP contribution in [0, 0.1) is 28.5 Å². The Kier molecular flexibility index (Phi) is 5.44. The SMILES string of the molecule is CCc1ccc(NC(=O)/C(C#N)=C\c2ccc(F)c(C#N)c2)cc1. The minimum absolute atomic E-state index is 0.134. The predicted octanol–water partition coefficient (Wildman–Crippen LogP) is 3.81. The van der Waals surface area contributed by atoms with Gasteiger partial charge in [-0.3, -0.25) is 4.79 Å². The summed E-state index contributed by atoms with van der Waals surface area (Å²) in [5.74, 6) is -1.21. The van der Waals surface area contributed by atoms with Crippen LogP contribution >= 0.6 is 0 Å². The maximum absolute atomic E-state index is 13.3. The Hall–Kier alpha value is -3.44. The molecule has 0 saturated carbocycles. The van der Waals surface area contributed by atoms with Crippen molar-refractivity contribution in [1.82, 2.24) is 0 Å². The minimum atomic E-state index is -0.645. The number of rotatable bonds is 4. The van der Waals surface area contributed by atoms with Crippen LogP contribution < -0.4 is 5.32 Å². The van der Waals surface area contributed by atoms with E-state index < -0.39 is 11.7 Å². The zero-order valence-electron chi connectivity index (χ0n) is 13.0. The molecule has 0 fully saturated rings. The topological polar surface area (TPSA) is 76.7 Å². The molecule has 0 aliphatic rings. The molecule has 24 heavy (non-hydrogen) atoms. The number of amides is 1. The van der Waals surface area contributed by atoms with E-state index in [0.717, 1.165) is 18.1 Å². The fraction of sp³-hybridized carbons (Fsp3) is 0.105. The van der Waals surface area contributed by atoms with Crippen LogP contribution in [0.5, 0.6) is 0 Å². The van der Waals surface area contributed by atoms with Crippen molar-refractivity contribution >= 4 is 17.7 Å². The molecule has 0 saturated heterocycles. The predicted molar refractivity (Wildman–Crippen MR) is 89.2 cm³/mol. The van der Waals surface area contributed by atoms with Gasteiger partial charge in [0.25, 0.3) is 5.91 Å². The summed E-state index contributed by atoms with van der Waals surface area (Å²) in [6, 6.07) is 14.7. The van der Waals surface area contributed by atoms with E-state index in [1.165, 1.54) is 18.2 Å². The Bertz CT molecular complexity index is 871.